The zero-order valence-electron chi connectivity index (χ0n) is 11.0. The second kappa shape index (κ2) is 5.30. The van der Waals surface area contributed by atoms with Crippen LogP contribution in [-0.2, 0) is 26.4 Å². The Balaban J connectivity index is 2.16. The lowest BCUT2D eigenvalue weighted by atomic mass is 10.1. The minimum absolute atomic E-state index is 0.455. The molecular formula is C12H19N5O. The van der Waals surface area contributed by atoms with Crippen LogP contribution in [0.25, 0.3) is 0 Å². The van der Waals surface area contributed by atoms with Crippen molar-refractivity contribution in [3.05, 3.63) is 29.6 Å². The van der Waals surface area contributed by atoms with Gasteiger partial charge in [-0.05, 0) is 19.4 Å². The van der Waals surface area contributed by atoms with Crippen LogP contribution in [0.5, 0.6) is 0 Å². The predicted molar refractivity (Wildman–Crippen MR) is 66.9 cm³/mol. The molecule has 2 aromatic rings. The largest absolute Gasteiger partial charge is 0.386 e. The van der Waals surface area contributed by atoms with Crippen molar-refractivity contribution in [2.75, 3.05) is 0 Å². The van der Waals surface area contributed by atoms with Gasteiger partial charge in [-0.1, -0.05) is 6.92 Å². The molecule has 98 valence electrons. The summed E-state index contributed by atoms with van der Waals surface area (Å²) in [5.74, 6) is 0.796. The summed E-state index contributed by atoms with van der Waals surface area (Å²) in [5, 5.41) is 18.7. The van der Waals surface area contributed by atoms with E-state index < -0.39 is 6.10 Å². The van der Waals surface area contributed by atoms with E-state index in [0.29, 0.717) is 6.42 Å². The summed E-state index contributed by atoms with van der Waals surface area (Å²) in [4.78, 5) is 4.17. The van der Waals surface area contributed by atoms with E-state index in [0.717, 1.165) is 30.2 Å². The van der Waals surface area contributed by atoms with E-state index in [2.05, 4.69) is 15.2 Å². The van der Waals surface area contributed by atoms with Crippen LogP contribution in [0, 0.1) is 0 Å². The Labute approximate surface area is 106 Å². The second-order valence-electron chi connectivity index (χ2n) is 4.25. The number of aromatic nitrogens is 5. The first-order chi connectivity index (χ1) is 8.65. The zero-order valence-corrected chi connectivity index (χ0v) is 11.0. The minimum Gasteiger partial charge on any atom is -0.386 e. The summed E-state index contributed by atoms with van der Waals surface area (Å²) < 4.78 is 3.52. The fourth-order valence-electron chi connectivity index (χ4n) is 2.02. The summed E-state index contributed by atoms with van der Waals surface area (Å²) in [6.07, 6.45) is 2.24. The van der Waals surface area contributed by atoms with E-state index in [9.17, 15) is 5.11 Å². The molecule has 0 aliphatic rings. The summed E-state index contributed by atoms with van der Waals surface area (Å²) in [6.45, 7) is 4.81. The maximum atomic E-state index is 10.3. The zero-order chi connectivity index (χ0) is 13.1. The molecule has 0 radical (unpaired) electrons. The number of rotatable bonds is 5. The Morgan fingerprint density at radius 1 is 1.39 bits per heavy atom. The lowest BCUT2D eigenvalue weighted by Crippen LogP contribution is -2.12. The molecule has 0 spiro atoms. The molecule has 0 aliphatic carbocycles. The SMILES string of the molecule is CCc1cc(C(O)Cc2ncnn2CC)n(C)n1. The van der Waals surface area contributed by atoms with Crippen LogP contribution in [0.4, 0.5) is 0 Å². The molecule has 1 N–H and O–H groups in total. The molecule has 0 aromatic carbocycles. The van der Waals surface area contributed by atoms with E-state index in [4.69, 9.17) is 0 Å². The third-order valence-corrected chi connectivity index (χ3v) is 3.04. The molecule has 2 aromatic heterocycles. The van der Waals surface area contributed by atoms with Crippen LogP contribution >= 0.6 is 0 Å². The average molecular weight is 249 g/mol. The molecule has 18 heavy (non-hydrogen) atoms. The summed E-state index contributed by atoms with van der Waals surface area (Å²) >= 11 is 0. The molecule has 6 heteroatoms. The fraction of sp³-hybridized carbons (Fsp3) is 0.583. The highest BCUT2D eigenvalue weighted by Gasteiger charge is 2.17. The average Bonchev–Trinajstić information content (AvgIpc) is 2.95. The lowest BCUT2D eigenvalue weighted by molar-refractivity contribution is 0.164. The first kappa shape index (κ1) is 12.8. The molecular weight excluding hydrogens is 230 g/mol. The van der Waals surface area contributed by atoms with E-state index in [1.165, 1.54) is 6.33 Å². The van der Waals surface area contributed by atoms with Crippen LogP contribution in [0.2, 0.25) is 0 Å². The normalized spacial score (nSPS) is 12.9. The monoisotopic (exact) mass is 249 g/mol. The van der Waals surface area contributed by atoms with Gasteiger partial charge in [-0.15, -0.1) is 0 Å². The Morgan fingerprint density at radius 3 is 2.78 bits per heavy atom. The van der Waals surface area contributed by atoms with Crippen molar-refractivity contribution in [2.45, 2.75) is 39.3 Å². The van der Waals surface area contributed by atoms with Gasteiger partial charge in [0, 0.05) is 20.0 Å². The van der Waals surface area contributed by atoms with Crippen molar-refractivity contribution < 1.29 is 5.11 Å². The van der Waals surface area contributed by atoms with E-state index in [-0.39, 0.29) is 0 Å². The Hall–Kier alpha value is -1.69. The van der Waals surface area contributed by atoms with Crippen LogP contribution in [0.15, 0.2) is 12.4 Å². The highest BCUT2D eigenvalue weighted by Crippen LogP contribution is 2.18. The van der Waals surface area contributed by atoms with Gasteiger partial charge in [-0.3, -0.25) is 9.36 Å². The Morgan fingerprint density at radius 2 is 2.17 bits per heavy atom. The van der Waals surface area contributed by atoms with Gasteiger partial charge < -0.3 is 5.11 Å². The van der Waals surface area contributed by atoms with Crippen molar-refractivity contribution in [1.82, 2.24) is 24.5 Å². The van der Waals surface area contributed by atoms with Crippen LogP contribution < -0.4 is 0 Å². The highest BCUT2D eigenvalue weighted by atomic mass is 16.3. The number of aryl methyl sites for hydroxylation is 3. The molecule has 0 aliphatic heterocycles. The van der Waals surface area contributed by atoms with Gasteiger partial charge in [0.1, 0.15) is 18.3 Å². The van der Waals surface area contributed by atoms with Gasteiger partial charge in [-0.25, -0.2) is 4.98 Å². The number of aliphatic hydroxyl groups excluding tert-OH is 1. The smallest absolute Gasteiger partial charge is 0.138 e. The van der Waals surface area contributed by atoms with Crippen molar-refractivity contribution in [2.24, 2.45) is 7.05 Å². The van der Waals surface area contributed by atoms with E-state index >= 15 is 0 Å². The first-order valence-corrected chi connectivity index (χ1v) is 6.23. The quantitative estimate of drug-likeness (QED) is 0.853. The third kappa shape index (κ3) is 2.43. The first-order valence-electron chi connectivity index (χ1n) is 6.23. The molecule has 1 unspecified atom stereocenters. The van der Waals surface area contributed by atoms with Gasteiger partial charge in [0.15, 0.2) is 0 Å². The molecule has 0 saturated heterocycles. The van der Waals surface area contributed by atoms with Crippen molar-refractivity contribution in [1.29, 1.82) is 0 Å². The highest BCUT2D eigenvalue weighted by molar-refractivity contribution is 5.14. The molecule has 0 fully saturated rings. The molecule has 2 rings (SSSR count). The lowest BCUT2D eigenvalue weighted by Gasteiger charge is -2.10. The summed E-state index contributed by atoms with van der Waals surface area (Å²) in [5.41, 5.74) is 1.81. The maximum Gasteiger partial charge on any atom is 0.138 e. The molecule has 0 bridgehead atoms. The molecule has 1 atom stereocenters. The van der Waals surface area contributed by atoms with Crippen LogP contribution in [-0.4, -0.2) is 29.7 Å². The second-order valence-corrected chi connectivity index (χ2v) is 4.25. The number of nitrogens with zero attached hydrogens (tertiary/aromatic N) is 5. The molecule has 0 saturated carbocycles. The standard InChI is InChI=1S/C12H19N5O/c1-4-9-6-10(16(3)15-9)11(18)7-12-13-8-14-17(12)5-2/h6,8,11,18H,4-5,7H2,1-3H3. The minimum atomic E-state index is -0.600. The fourth-order valence-corrected chi connectivity index (χ4v) is 2.02. The van der Waals surface area contributed by atoms with Gasteiger partial charge in [0.25, 0.3) is 0 Å². The number of hydrogen-bond donors (Lipinski definition) is 1. The maximum absolute atomic E-state index is 10.3. The van der Waals surface area contributed by atoms with Crippen molar-refractivity contribution in [3.8, 4) is 0 Å². The predicted octanol–water partition coefficient (Wildman–Crippen LogP) is 0.870. The summed E-state index contributed by atoms with van der Waals surface area (Å²) in [7, 11) is 1.85. The van der Waals surface area contributed by atoms with Gasteiger partial charge in [0.2, 0.25) is 0 Å². The third-order valence-electron chi connectivity index (χ3n) is 3.04. The number of aliphatic hydroxyl groups is 1. The van der Waals surface area contributed by atoms with E-state index in [1.54, 1.807) is 9.36 Å². The number of hydrogen-bond acceptors (Lipinski definition) is 4. The Bertz CT molecular complexity index is 516. The van der Waals surface area contributed by atoms with Crippen LogP contribution in [0.1, 0.15) is 37.2 Å². The van der Waals surface area contributed by atoms with Crippen molar-refractivity contribution >= 4 is 0 Å². The summed E-state index contributed by atoms with van der Waals surface area (Å²) in [6, 6.07) is 1.94. The molecule has 0 amide bonds. The van der Waals surface area contributed by atoms with Gasteiger partial charge in [-0.2, -0.15) is 10.2 Å². The molecule has 6 nitrogen and oxygen atoms in total. The van der Waals surface area contributed by atoms with E-state index in [1.807, 2.05) is 27.0 Å². The topological polar surface area (TPSA) is 68.8 Å². The van der Waals surface area contributed by atoms with Gasteiger partial charge >= 0.3 is 0 Å². The Kier molecular flexibility index (Phi) is 3.76. The van der Waals surface area contributed by atoms with Crippen LogP contribution in [0.3, 0.4) is 0 Å². The molecule has 2 heterocycles. The van der Waals surface area contributed by atoms with Crippen molar-refractivity contribution in [3.63, 3.8) is 0 Å². The van der Waals surface area contributed by atoms with Gasteiger partial charge in [0.05, 0.1) is 11.4 Å².